The van der Waals surface area contributed by atoms with E-state index < -0.39 is 0 Å². The number of fused-ring (bicyclic) bond motifs is 1. The quantitative estimate of drug-likeness (QED) is 0.829. The molecule has 3 nitrogen and oxygen atoms in total. The van der Waals surface area contributed by atoms with Crippen molar-refractivity contribution in [3.8, 4) is 0 Å². The Labute approximate surface area is 92.9 Å². The van der Waals surface area contributed by atoms with Crippen LogP contribution in [0.2, 0.25) is 0 Å². The molecule has 0 amide bonds. The maximum atomic E-state index is 13.0. The molecule has 2 heterocycles. The Kier molecular flexibility index (Phi) is 2.22. The van der Waals surface area contributed by atoms with E-state index in [2.05, 4.69) is 10.4 Å². The van der Waals surface area contributed by atoms with Crippen molar-refractivity contribution in [3.63, 3.8) is 0 Å². The first kappa shape index (κ1) is 9.54. The Hall–Kier alpha value is -1.68. The van der Waals surface area contributed by atoms with E-state index in [-0.39, 0.29) is 5.82 Å². The zero-order chi connectivity index (χ0) is 11.0. The lowest BCUT2D eigenvalue weighted by atomic mass is 10.2. The average Bonchev–Trinajstić information content (AvgIpc) is 2.77. The number of halogens is 1. The lowest BCUT2D eigenvalue weighted by Gasteiger charge is -2.02. The summed E-state index contributed by atoms with van der Waals surface area (Å²) >= 11 is 0. The van der Waals surface area contributed by atoms with E-state index in [1.807, 2.05) is 16.9 Å². The van der Waals surface area contributed by atoms with E-state index in [9.17, 15) is 4.39 Å². The van der Waals surface area contributed by atoms with Crippen molar-refractivity contribution in [1.29, 1.82) is 0 Å². The van der Waals surface area contributed by atoms with E-state index in [0.717, 1.165) is 24.3 Å². The predicted octanol–water partition coefficient (Wildman–Crippen LogP) is 1.67. The Morgan fingerprint density at radius 1 is 1.38 bits per heavy atom. The minimum atomic E-state index is -0.195. The normalized spacial score (nSPS) is 14.1. The Morgan fingerprint density at radius 3 is 3.12 bits per heavy atom. The summed E-state index contributed by atoms with van der Waals surface area (Å²) in [6.07, 6.45) is 2.03. The van der Waals surface area contributed by atoms with E-state index in [4.69, 9.17) is 0 Å². The fraction of sp³-hybridized carbons (Fsp3) is 0.250. The third-order valence-electron chi connectivity index (χ3n) is 2.77. The number of nitrogens with one attached hydrogen (secondary N) is 1. The molecule has 2 aromatic rings. The van der Waals surface area contributed by atoms with Gasteiger partial charge in [-0.05, 0) is 17.7 Å². The number of nitrogens with zero attached hydrogens (tertiary/aromatic N) is 2. The van der Waals surface area contributed by atoms with Gasteiger partial charge < -0.3 is 5.32 Å². The van der Waals surface area contributed by atoms with Crippen LogP contribution in [0, 0.1) is 5.82 Å². The smallest absolute Gasteiger partial charge is 0.123 e. The standard InChI is InChI=1S/C12H12FN3/c13-11-3-1-2-9(4-11)7-16-8-10-5-14-6-12(10)15-16/h1-4,8,14H,5-7H2. The molecule has 0 atom stereocenters. The third kappa shape index (κ3) is 1.72. The van der Waals surface area contributed by atoms with Gasteiger partial charge in [0, 0.05) is 24.8 Å². The SMILES string of the molecule is Fc1cccc(Cn2cc3c(n2)CNC3)c1. The number of aromatic nitrogens is 2. The van der Waals surface area contributed by atoms with Crippen molar-refractivity contribution in [2.75, 3.05) is 0 Å². The molecular weight excluding hydrogens is 205 g/mol. The van der Waals surface area contributed by atoms with Crippen LogP contribution in [0.15, 0.2) is 30.5 Å². The summed E-state index contributed by atoms with van der Waals surface area (Å²) in [5.74, 6) is -0.195. The van der Waals surface area contributed by atoms with Crippen LogP contribution in [-0.2, 0) is 19.6 Å². The highest BCUT2D eigenvalue weighted by Gasteiger charge is 2.14. The molecule has 1 aliphatic rings. The molecule has 3 rings (SSSR count). The van der Waals surface area contributed by atoms with Crippen LogP contribution in [-0.4, -0.2) is 9.78 Å². The molecule has 0 saturated carbocycles. The highest BCUT2D eigenvalue weighted by atomic mass is 19.1. The summed E-state index contributed by atoms with van der Waals surface area (Å²) in [7, 11) is 0. The fourth-order valence-electron chi connectivity index (χ4n) is 2.02. The van der Waals surface area contributed by atoms with Gasteiger partial charge in [-0.3, -0.25) is 4.68 Å². The minimum Gasteiger partial charge on any atom is -0.307 e. The zero-order valence-electron chi connectivity index (χ0n) is 8.78. The molecule has 0 spiro atoms. The van der Waals surface area contributed by atoms with Gasteiger partial charge in [0.15, 0.2) is 0 Å². The van der Waals surface area contributed by atoms with Crippen molar-refractivity contribution in [3.05, 3.63) is 53.1 Å². The maximum Gasteiger partial charge on any atom is 0.123 e. The Morgan fingerprint density at radius 2 is 2.31 bits per heavy atom. The second-order valence-electron chi connectivity index (χ2n) is 4.03. The van der Waals surface area contributed by atoms with E-state index in [0.29, 0.717) is 6.54 Å². The zero-order valence-corrected chi connectivity index (χ0v) is 8.78. The van der Waals surface area contributed by atoms with Gasteiger partial charge in [0.2, 0.25) is 0 Å². The summed E-state index contributed by atoms with van der Waals surface area (Å²) in [6.45, 7) is 2.36. The van der Waals surface area contributed by atoms with Crippen molar-refractivity contribution in [2.24, 2.45) is 0 Å². The van der Waals surface area contributed by atoms with E-state index in [1.165, 1.54) is 11.6 Å². The van der Waals surface area contributed by atoms with Crippen LogP contribution >= 0.6 is 0 Å². The topological polar surface area (TPSA) is 29.9 Å². The van der Waals surface area contributed by atoms with Crippen LogP contribution in [0.25, 0.3) is 0 Å². The molecule has 0 fully saturated rings. The summed E-state index contributed by atoms with van der Waals surface area (Å²) in [5.41, 5.74) is 3.29. The van der Waals surface area contributed by atoms with Gasteiger partial charge in [-0.15, -0.1) is 0 Å². The lowest BCUT2D eigenvalue weighted by molar-refractivity contribution is 0.614. The Bertz CT molecular complexity index is 497. The number of rotatable bonds is 2. The van der Waals surface area contributed by atoms with Crippen LogP contribution in [0.1, 0.15) is 16.8 Å². The molecule has 0 unspecified atom stereocenters. The van der Waals surface area contributed by atoms with Crippen LogP contribution in [0.5, 0.6) is 0 Å². The second kappa shape index (κ2) is 3.72. The van der Waals surface area contributed by atoms with E-state index in [1.54, 1.807) is 12.1 Å². The van der Waals surface area contributed by atoms with Gasteiger partial charge in [-0.2, -0.15) is 5.10 Å². The molecule has 82 valence electrons. The molecule has 0 aliphatic carbocycles. The molecule has 0 radical (unpaired) electrons. The van der Waals surface area contributed by atoms with Gasteiger partial charge in [-0.1, -0.05) is 12.1 Å². The van der Waals surface area contributed by atoms with Gasteiger partial charge in [-0.25, -0.2) is 4.39 Å². The number of benzene rings is 1. The highest BCUT2D eigenvalue weighted by Crippen LogP contribution is 2.14. The lowest BCUT2D eigenvalue weighted by Crippen LogP contribution is -2.06. The molecule has 4 heteroatoms. The van der Waals surface area contributed by atoms with Crippen LogP contribution < -0.4 is 5.32 Å². The van der Waals surface area contributed by atoms with E-state index >= 15 is 0 Å². The number of hydrogen-bond acceptors (Lipinski definition) is 2. The molecule has 16 heavy (non-hydrogen) atoms. The van der Waals surface area contributed by atoms with Crippen molar-refractivity contribution in [2.45, 2.75) is 19.6 Å². The van der Waals surface area contributed by atoms with Crippen molar-refractivity contribution >= 4 is 0 Å². The van der Waals surface area contributed by atoms with Crippen molar-refractivity contribution in [1.82, 2.24) is 15.1 Å². The third-order valence-corrected chi connectivity index (χ3v) is 2.77. The van der Waals surface area contributed by atoms with Gasteiger partial charge in [0.05, 0.1) is 12.2 Å². The molecule has 1 N–H and O–H groups in total. The number of hydrogen-bond donors (Lipinski definition) is 1. The molecule has 0 saturated heterocycles. The summed E-state index contributed by atoms with van der Waals surface area (Å²) in [4.78, 5) is 0. The van der Waals surface area contributed by atoms with Crippen molar-refractivity contribution < 1.29 is 4.39 Å². The molecular formula is C12H12FN3. The molecule has 1 aliphatic heterocycles. The summed E-state index contributed by atoms with van der Waals surface area (Å²) in [5, 5.41) is 7.68. The van der Waals surface area contributed by atoms with Gasteiger partial charge in [0.1, 0.15) is 5.82 Å². The fourth-order valence-corrected chi connectivity index (χ4v) is 2.02. The predicted molar refractivity (Wildman–Crippen MR) is 58.3 cm³/mol. The first-order chi connectivity index (χ1) is 7.81. The average molecular weight is 217 g/mol. The van der Waals surface area contributed by atoms with Crippen LogP contribution in [0.4, 0.5) is 4.39 Å². The molecule has 1 aromatic heterocycles. The molecule has 0 bridgehead atoms. The Balaban J connectivity index is 1.83. The monoisotopic (exact) mass is 217 g/mol. The van der Waals surface area contributed by atoms with Gasteiger partial charge in [0.25, 0.3) is 0 Å². The maximum absolute atomic E-state index is 13.0. The molecule has 1 aromatic carbocycles. The highest BCUT2D eigenvalue weighted by molar-refractivity contribution is 5.22. The van der Waals surface area contributed by atoms with Gasteiger partial charge >= 0.3 is 0 Å². The summed E-state index contributed by atoms with van der Waals surface area (Å²) in [6, 6.07) is 6.64. The summed E-state index contributed by atoms with van der Waals surface area (Å²) < 4.78 is 14.9. The minimum absolute atomic E-state index is 0.195. The van der Waals surface area contributed by atoms with Crippen LogP contribution in [0.3, 0.4) is 0 Å². The first-order valence-electron chi connectivity index (χ1n) is 5.31. The second-order valence-corrected chi connectivity index (χ2v) is 4.03. The first-order valence-corrected chi connectivity index (χ1v) is 5.31. The largest absolute Gasteiger partial charge is 0.307 e.